The van der Waals surface area contributed by atoms with Crippen molar-refractivity contribution >= 4 is 30.3 Å². The Morgan fingerprint density at radius 1 is 1.48 bits per heavy atom. The number of carbonyl (C=O) groups is 2. The van der Waals surface area contributed by atoms with E-state index in [9.17, 15) is 23.4 Å². The van der Waals surface area contributed by atoms with E-state index in [4.69, 9.17) is 16.3 Å². The number of carbonyl (C=O) groups excluding carboxylic acids is 2. The van der Waals surface area contributed by atoms with E-state index in [0.717, 1.165) is 0 Å². The van der Waals surface area contributed by atoms with Gasteiger partial charge in [-0.3, -0.25) is 9.59 Å². The van der Waals surface area contributed by atoms with Crippen molar-refractivity contribution in [2.24, 2.45) is 0 Å². The predicted octanol–water partition coefficient (Wildman–Crippen LogP) is 2.90. The summed E-state index contributed by atoms with van der Waals surface area (Å²) in [4.78, 5) is 23.5. The summed E-state index contributed by atoms with van der Waals surface area (Å²) in [6.45, 7) is 1.39. The molecule has 0 aliphatic carbocycles. The Morgan fingerprint density at radius 2 is 2.17 bits per heavy atom. The fourth-order valence-electron chi connectivity index (χ4n) is 2.61. The van der Waals surface area contributed by atoms with E-state index in [2.05, 4.69) is 0 Å². The van der Waals surface area contributed by atoms with Gasteiger partial charge in [0.05, 0.1) is 10.9 Å². The molecule has 2 rings (SSSR count). The normalized spacial score (nSPS) is 18.3. The lowest BCUT2D eigenvalue weighted by molar-refractivity contribution is -0.119. The van der Waals surface area contributed by atoms with Crippen LogP contribution < -0.4 is 4.65 Å². The average Bonchev–Trinajstić information content (AvgIpc) is 2.46. The molecule has 0 fully saturated rings. The third-order valence-electron chi connectivity index (χ3n) is 3.80. The molecule has 2 atom stereocenters. The zero-order chi connectivity index (χ0) is 17.1. The Hall–Kier alpha value is -1.47. The third-order valence-corrected chi connectivity index (χ3v) is 4.22. The van der Waals surface area contributed by atoms with Gasteiger partial charge in [0.15, 0.2) is 11.6 Å². The van der Waals surface area contributed by atoms with Gasteiger partial charge < -0.3 is 9.68 Å². The number of halogens is 3. The molecule has 1 heterocycles. The van der Waals surface area contributed by atoms with Gasteiger partial charge in [0.1, 0.15) is 5.75 Å². The molecule has 0 spiro atoms. The lowest BCUT2D eigenvalue weighted by Crippen LogP contribution is -2.36. The Kier molecular flexibility index (Phi) is 5.76. The molecule has 0 saturated heterocycles. The smallest absolute Gasteiger partial charge is 0.526 e. The van der Waals surface area contributed by atoms with Gasteiger partial charge in [-0.1, -0.05) is 12.1 Å². The number of para-hydroxylation sites is 1. The minimum absolute atomic E-state index is 0.161. The SMILES string of the molecule is CC(=O)c1cccc2c1OB(O)[C@@H](CC(=O)C(Cl)CC(F)F)C2. The maximum Gasteiger partial charge on any atom is 0.526 e. The summed E-state index contributed by atoms with van der Waals surface area (Å²) < 4.78 is 29.9. The van der Waals surface area contributed by atoms with Crippen LogP contribution >= 0.6 is 11.6 Å². The van der Waals surface area contributed by atoms with Crippen molar-refractivity contribution in [2.45, 2.75) is 43.8 Å². The van der Waals surface area contributed by atoms with Crippen LogP contribution in [0.3, 0.4) is 0 Å². The van der Waals surface area contributed by atoms with Crippen molar-refractivity contribution in [3.63, 3.8) is 0 Å². The molecular formula is C15H16BClF2O4. The van der Waals surface area contributed by atoms with Crippen molar-refractivity contribution < 1.29 is 28.0 Å². The zero-order valence-corrected chi connectivity index (χ0v) is 13.2. The number of hydrogen-bond donors (Lipinski definition) is 1. The van der Waals surface area contributed by atoms with Gasteiger partial charge in [0.2, 0.25) is 6.43 Å². The second kappa shape index (κ2) is 7.40. The van der Waals surface area contributed by atoms with Gasteiger partial charge in [-0.05, 0) is 25.0 Å². The number of Topliss-reactive ketones (excluding diaryl/α,β-unsaturated/α-hetero) is 2. The molecule has 1 aromatic rings. The molecule has 1 N–H and O–H groups in total. The van der Waals surface area contributed by atoms with Crippen molar-refractivity contribution in [3.8, 4) is 5.75 Å². The first-order chi connectivity index (χ1) is 10.8. The molecule has 4 nitrogen and oxygen atoms in total. The first-order valence-electron chi connectivity index (χ1n) is 7.22. The number of fused-ring (bicyclic) bond motifs is 1. The van der Waals surface area contributed by atoms with Gasteiger partial charge in [0, 0.05) is 18.7 Å². The molecule has 23 heavy (non-hydrogen) atoms. The number of alkyl halides is 3. The maximum atomic E-state index is 12.3. The summed E-state index contributed by atoms with van der Waals surface area (Å²) in [6, 6.07) is 5.02. The largest absolute Gasteiger partial charge is 0.535 e. The Balaban J connectivity index is 2.11. The Morgan fingerprint density at radius 3 is 2.78 bits per heavy atom. The molecule has 1 unspecified atom stereocenters. The van der Waals surface area contributed by atoms with E-state index in [0.29, 0.717) is 23.3 Å². The third kappa shape index (κ3) is 4.29. The van der Waals surface area contributed by atoms with Crippen molar-refractivity contribution in [1.29, 1.82) is 0 Å². The molecule has 8 heteroatoms. The highest BCUT2D eigenvalue weighted by Gasteiger charge is 2.38. The summed E-state index contributed by atoms with van der Waals surface area (Å²) in [5.41, 5.74) is 1.06. The second-order valence-electron chi connectivity index (χ2n) is 5.59. The van der Waals surface area contributed by atoms with Crippen LogP contribution in [0.15, 0.2) is 18.2 Å². The topological polar surface area (TPSA) is 63.6 Å². The van der Waals surface area contributed by atoms with Gasteiger partial charge >= 0.3 is 7.12 Å². The molecule has 0 amide bonds. The summed E-state index contributed by atoms with van der Waals surface area (Å²) >= 11 is 5.66. The van der Waals surface area contributed by atoms with Crippen LogP contribution in [0.25, 0.3) is 0 Å². The van der Waals surface area contributed by atoms with E-state index < -0.39 is 36.9 Å². The molecule has 1 aliphatic heterocycles. The standard InChI is InChI=1S/C15H16BClF2O4/c1-8(20)11-4-2-3-9-5-10(16(22)23-15(9)11)6-13(21)12(17)7-14(18)19/h2-4,10,12,14,22H,5-7H2,1H3/t10-,12?/m1/s1. The lowest BCUT2D eigenvalue weighted by Gasteiger charge is -2.28. The van der Waals surface area contributed by atoms with Crippen LogP contribution in [-0.2, 0) is 11.2 Å². The molecule has 1 aromatic carbocycles. The summed E-state index contributed by atoms with van der Waals surface area (Å²) in [7, 11) is -1.29. The van der Waals surface area contributed by atoms with Gasteiger partial charge in [-0.2, -0.15) is 0 Å². The molecule has 0 radical (unpaired) electrons. The quantitative estimate of drug-likeness (QED) is 0.490. The molecule has 124 valence electrons. The van der Waals surface area contributed by atoms with Crippen LogP contribution in [0, 0.1) is 0 Å². The van der Waals surface area contributed by atoms with Crippen LogP contribution in [0.1, 0.15) is 35.7 Å². The summed E-state index contributed by atoms with van der Waals surface area (Å²) in [6.07, 6.45) is -3.23. The van der Waals surface area contributed by atoms with Crippen molar-refractivity contribution in [1.82, 2.24) is 0 Å². The van der Waals surface area contributed by atoms with Gasteiger partial charge in [0.25, 0.3) is 0 Å². The molecule has 1 aliphatic rings. The monoisotopic (exact) mass is 344 g/mol. The summed E-state index contributed by atoms with van der Waals surface area (Å²) in [5.74, 6) is -1.02. The van der Waals surface area contributed by atoms with Crippen LogP contribution in [0.2, 0.25) is 5.82 Å². The van der Waals surface area contributed by atoms with E-state index in [1.807, 2.05) is 0 Å². The fourth-order valence-corrected chi connectivity index (χ4v) is 2.83. The minimum Gasteiger partial charge on any atom is -0.535 e. The first kappa shape index (κ1) is 17.9. The van der Waals surface area contributed by atoms with Crippen LogP contribution in [0.4, 0.5) is 8.78 Å². The molecule has 0 aromatic heterocycles. The molecule has 0 saturated carbocycles. The van der Waals surface area contributed by atoms with Gasteiger partial charge in [-0.15, -0.1) is 11.6 Å². The van der Waals surface area contributed by atoms with Gasteiger partial charge in [-0.25, -0.2) is 8.78 Å². The molecule has 0 bridgehead atoms. The van der Waals surface area contributed by atoms with Crippen LogP contribution in [-0.4, -0.2) is 35.5 Å². The number of ketones is 2. The van der Waals surface area contributed by atoms with Crippen LogP contribution in [0.5, 0.6) is 5.75 Å². The zero-order valence-electron chi connectivity index (χ0n) is 12.5. The minimum atomic E-state index is -2.66. The molecular weight excluding hydrogens is 328 g/mol. The fraction of sp³-hybridized carbons (Fsp3) is 0.467. The van der Waals surface area contributed by atoms with Crippen molar-refractivity contribution in [3.05, 3.63) is 29.3 Å². The van der Waals surface area contributed by atoms with E-state index in [1.165, 1.54) is 6.92 Å². The first-order valence-corrected chi connectivity index (χ1v) is 7.65. The second-order valence-corrected chi connectivity index (χ2v) is 6.11. The highest BCUT2D eigenvalue weighted by Crippen LogP contribution is 2.36. The number of benzene rings is 1. The number of rotatable bonds is 6. The van der Waals surface area contributed by atoms with Crippen molar-refractivity contribution in [2.75, 3.05) is 0 Å². The predicted molar refractivity (Wildman–Crippen MR) is 82.4 cm³/mol. The highest BCUT2D eigenvalue weighted by molar-refractivity contribution is 6.47. The van der Waals surface area contributed by atoms with E-state index in [1.54, 1.807) is 18.2 Å². The Labute approximate surface area is 137 Å². The van der Waals surface area contributed by atoms with E-state index in [-0.39, 0.29) is 12.2 Å². The maximum absolute atomic E-state index is 12.3. The van der Waals surface area contributed by atoms with E-state index >= 15 is 0 Å². The highest BCUT2D eigenvalue weighted by atomic mass is 35.5. The lowest BCUT2D eigenvalue weighted by atomic mass is 9.64. The Bertz CT molecular complexity index is 611. The summed E-state index contributed by atoms with van der Waals surface area (Å²) in [5, 5.41) is 8.77. The average molecular weight is 345 g/mol. The number of hydrogen-bond acceptors (Lipinski definition) is 4.